The van der Waals surface area contributed by atoms with Crippen LogP contribution in [-0.2, 0) is 4.79 Å². The fourth-order valence-corrected chi connectivity index (χ4v) is 5.29. The van der Waals surface area contributed by atoms with E-state index >= 15 is 0 Å². The van der Waals surface area contributed by atoms with Crippen LogP contribution in [0.25, 0.3) is 0 Å². The van der Waals surface area contributed by atoms with Gasteiger partial charge in [-0.2, -0.15) is 0 Å². The lowest BCUT2D eigenvalue weighted by molar-refractivity contribution is -0.131. The van der Waals surface area contributed by atoms with Gasteiger partial charge in [0.25, 0.3) is 0 Å². The molecule has 1 aliphatic rings. The van der Waals surface area contributed by atoms with Gasteiger partial charge in [-0.25, -0.2) is 4.39 Å². The lowest BCUT2D eigenvalue weighted by Crippen LogP contribution is -2.37. The Labute approximate surface area is 239 Å². The van der Waals surface area contributed by atoms with Gasteiger partial charge >= 0.3 is 0 Å². The zero-order chi connectivity index (χ0) is 28.6. The van der Waals surface area contributed by atoms with Crippen LogP contribution >= 0.6 is 11.9 Å². The van der Waals surface area contributed by atoms with E-state index in [1.165, 1.54) is 6.07 Å². The van der Waals surface area contributed by atoms with Crippen molar-refractivity contribution in [1.29, 1.82) is 0 Å². The minimum absolute atomic E-state index is 0.120. The van der Waals surface area contributed by atoms with Crippen LogP contribution in [0.1, 0.15) is 64.4 Å². The van der Waals surface area contributed by atoms with Crippen LogP contribution in [-0.4, -0.2) is 28.2 Å². The number of benzene rings is 1. The first-order valence-electron chi connectivity index (χ1n) is 13.6. The van der Waals surface area contributed by atoms with Crippen molar-refractivity contribution in [2.75, 3.05) is 13.1 Å². The number of amides is 1. The smallest absolute Gasteiger partial charge is 0.226 e. The molecule has 39 heavy (non-hydrogen) atoms. The molecule has 1 saturated heterocycles. The lowest BCUT2D eigenvalue weighted by Gasteiger charge is -2.32. The molecule has 0 aliphatic carbocycles. The van der Waals surface area contributed by atoms with E-state index < -0.39 is 0 Å². The highest BCUT2D eigenvalue weighted by atomic mass is 32.2. The van der Waals surface area contributed by atoms with E-state index in [1.54, 1.807) is 30.2 Å². The first-order chi connectivity index (χ1) is 18.8. The van der Waals surface area contributed by atoms with Crippen molar-refractivity contribution < 1.29 is 9.18 Å². The van der Waals surface area contributed by atoms with E-state index in [1.807, 2.05) is 52.6 Å². The summed E-state index contributed by atoms with van der Waals surface area (Å²) in [4.78, 5) is 15.9. The monoisotopic (exact) mass is 546 g/mol. The Morgan fingerprint density at radius 2 is 1.97 bits per heavy atom. The van der Waals surface area contributed by atoms with Crippen molar-refractivity contribution in [1.82, 2.24) is 9.21 Å². The number of hydrogen-bond donors (Lipinski definition) is 0. The molecule has 1 aromatic carbocycles. The summed E-state index contributed by atoms with van der Waals surface area (Å²) in [5.41, 5.74) is 4.08. The number of halogens is 1. The van der Waals surface area contributed by atoms with Gasteiger partial charge in [-0.15, -0.1) is 6.58 Å². The third-order valence-electron chi connectivity index (χ3n) is 6.55. The highest BCUT2D eigenvalue weighted by Gasteiger charge is 2.23. The Morgan fingerprint density at radius 3 is 2.59 bits per heavy atom. The number of hydrogen-bond acceptors (Lipinski definition) is 3. The molecule has 0 spiro atoms. The van der Waals surface area contributed by atoms with Gasteiger partial charge in [0, 0.05) is 36.3 Å². The second-order valence-electron chi connectivity index (χ2n) is 9.47. The van der Waals surface area contributed by atoms with E-state index in [2.05, 4.69) is 51.9 Å². The molecule has 1 aromatic rings. The van der Waals surface area contributed by atoms with Crippen LogP contribution in [0.3, 0.4) is 0 Å². The molecule has 5 heteroatoms. The molecule has 1 amide bonds. The van der Waals surface area contributed by atoms with E-state index in [9.17, 15) is 9.18 Å². The van der Waals surface area contributed by atoms with Gasteiger partial charge in [0.1, 0.15) is 5.82 Å². The van der Waals surface area contributed by atoms with Gasteiger partial charge in [0.15, 0.2) is 0 Å². The van der Waals surface area contributed by atoms with Crippen molar-refractivity contribution in [3.8, 4) is 0 Å². The van der Waals surface area contributed by atoms with Crippen molar-refractivity contribution in [2.24, 2.45) is 0 Å². The molecule has 0 bridgehead atoms. The number of rotatable bonds is 14. The van der Waals surface area contributed by atoms with Crippen molar-refractivity contribution >= 4 is 17.9 Å². The molecule has 0 N–H and O–H groups in total. The molecule has 208 valence electrons. The molecule has 1 aliphatic heterocycles. The summed E-state index contributed by atoms with van der Waals surface area (Å²) in [6.45, 7) is 19.6. The van der Waals surface area contributed by atoms with Gasteiger partial charge in [0.2, 0.25) is 5.91 Å². The average molecular weight is 547 g/mol. The molecular weight excluding hydrogens is 503 g/mol. The van der Waals surface area contributed by atoms with Gasteiger partial charge in [-0.05, 0) is 92.3 Å². The lowest BCUT2D eigenvalue weighted by atomic mass is 9.89. The van der Waals surface area contributed by atoms with Crippen LogP contribution in [0.4, 0.5) is 4.39 Å². The number of nitrogens with zero attached hydrogens (tertiary/aromatic N) is 2. The molecule has 1 heterocycles. The zero-order valence-electron chi connectivity index (χ0n) is 23.7. The molecule has 0 atom stereocenters. The molecule has 3 nitrogen and oxygen atoms in total. The molecule has 0 unspecified atom stereocenters. The number of piperidine rings is 1. The van der Waals surface area contributed by atoms with E-state index in [-0.39, 0.29) is 11.7 Å². The molecule has 0 aromatic heterocycles. The Hall–Kier alpha value is -3.31. The number of likely N-dealkylation sites (tertiary alicyclic amines) is 1. The normalized spacial score (nSPS) is 15.7. The van der Waals surface area contributed by atoms with Gasteiger partial charge in [-0.3, -0.25) is 9.10 Å². The SMILES string of the molecule is C=CCC(=C\N(SC(/C=C\CC(=O)N1CCC(c2cccc(F)c2)CC1)=C/CC)C(=C)C=C)/C(C)=C/C=C\C. The highest BCUT2D eigenvalue weighted by Crippen LogP contribution is 2.31. The van der Waals surface area contributed by atoms with Gasteiger partial charge in [0.05, 0.1) is 0 Å². The van der Waals surface area contributed by atoms with E-state index in [0.717, 1.165) is 53.0 Å². The third kappa shape index (κ3) is 10.8. The first-order valence-corrected chi connectivity index (χ1v) is 14.4. The van der Waals surface area contributed by atoms with Crippen LogP contribution in [0.2, 0.25) is 0 Å². The Kier molecular flexibility index (Phi) is 14.2. The van der Waals surface area contributed by atoms with Crippen molar-refractivity contribution in [2.45, 2.75) is 58.8 Å². The third-order valence-corrected chi connectivity index (χ3v) is 7.60. The van der Waals surface area contributed by atoms with Crippen molar-refractivity contribution in [3.63, 3.8) is 0 Å². The van der Waals surface area contributed by atoms with Crippen molar-refractivity contribution in [3.05, 3.63) is 132 Å². The Bertz CT molecular complexity index is 1150. The molecule has 0 saturated carbocycles. The van der Waals surface area contributed by atoms with Gasteiger partial charge in [-0.1, -0.05) is 74.7 Å². The summed E-state index contributed by atoms with van der Waals surface area (Å²) in [5, 5.41) is 0. The largest absolute Gasteiger partial charge is 0.342 e. The predicted molar refractivity (Wildman–Crippen MR) is 167 cm³/mol. The zero-order valence-corrected chi connectivity index (χ0v) is 24.6. The maximum absolute atomic E-state index is 13.6. The number of carbonyl (C=O) groups excluding carboxylic acids is 1. The molecule has 0 radical (unpaired) electrons. The molecule has 2 rings (SSSR count). The number of allylic oxidation sites excluding steroid dienone is 9. The first kappa shape index (κ1) is 31.9. The Balaban J connectivity index is 2.06. The predicted octanol–water partition coefficient (Wildman–Crippen LogP) is 9.40. The summed E-state index contributed by atoms with van der Waals surface area (Å²) in [6.07, 6.45) is 21.6. The molecule has 1 fully saturated rings. The Morgan fingerprint density at radius 1 is 1.23 bits per heavy atom. The minimum Gasteiger partial charge on any atom is -0.342 e. The second-order valence-corrected chi connectivity index (χ2v) is 10.5. The molecular formula is C34H43FN2OS. The highest BCUT2D eigenvalue weighted by molar-refractivity contribution is 8.01. The maximum Gasteiger partial charge on any atom is 0.226 e. The standard InChI is InChI=1S/C34H43FN2OS/c1-7-11-16-27(5)31(14-8-2)26-37(28(6)10-4)39-33(15-9-3)19-13-20-34(38)36-23-21-29(22-24-36)30-17-12-18-32(35)25-30/h7-8,10-13,15-19,25-26,29H,2,4,6,9,14,20-24H2,1,3,5H3/b11-7-,19-13-,27-16+,31-26+,33-15+. The van der Waals surface area contributed by atoms with Crippen LogP contribution in [0.15, 0.2) is 121 Å². The fourth-order valence-electron chi connectivity index (χ4n) is 4.30. The summed E-state index contributed by atoms with van der Waals surface area (Å²) < 4.78 is 15.6. The van der Waals surface area contributed by atoms with E-state index in [4.69, 9.17) is 0 Å². The van der Waals surface area contributed by atoms with E-state index in [0.29, 0.717) is 25.4 Å². The second kappa shape index (κ2) is 17.3. The van der Waals surface area contributed by atoms with Crippen LogP contribution in [0.5, 0.6) is 0 Å². The van der Waals surface area contributed by atoms with Gasteiger partial charge < -0.3 is 4.90 Å². The van der Waals surface area contributed by atoms with Crippen LogP contribution < -0.4 is 0 Å². The van der Waals surface area contributed by atoms with Crippen LogP contribution in [0, 0.1) is 5.82 Å². The fraction of sp³-hybridized carbons (Fsp3) is 0.324. The quantitative estimate of drug-likeness (QED) is 0.132. The minimum atomic E-state index is -0.201. The maximum atomic E-state index is 13.6. The summed E-state index contributed by atoms with van der Waals surface area (Å²) in [5.74, 6) is 0.220. The topological polar surface area (TPSA) is 23.6 Å². The summed E-state index contributed by atoms with van der Waals surface area (Å²) in [7, 11) is 0. The summed E-state index contributed by atoms with van der Waals surface area (Å²) in [6, 6.07) is 6.83. The average Bonchev–Trinajstić information content (AvgIpc) is 2.94. The number of carbonyl (C=O) groups is 1. The summed E-state index contributed by atoms with van der Waals surface area (Å²) >= 11 is 1.55.